The second kappa shape index (κ2) is 10.3. The van der Waals surface area contributed by atoms with Gasteiger partial charge >= 0.3 is 0 Å². The van der Waals surface area contributed by atoms with Gasteiger partial charge in [0.25, 0.3) is 5.91 Å². The molecule has 1 aliphatic heterocycles. The zero-order valence-corrected chi connectivity index (χ0v) is 18.5. The Balaban J connectivity index is 1.23. The van der Waals surface area contributed by atoms with Crippen molar-refractivity contribution in [2.45, 2.75) is 45.6 Å². The number of aryl methyl sites for hydroxylation is 1. The van der Waals surface area contributed by atoms with Crippen LogP contribution in [0.1, 0.15) is 53.7 Å². The minimum absolute atomic E-state index is 0.123. The van der Waals surface area contributed by atoms with Crippen LogP contribution in [0.15, 0.2) is 48.8 Å². The Kier molecular flexibility index (Phi) is 7.04. The van der Waals surface area contributed by atoms with Crippen molar-refractivity contribution >= 4 is 17.5 Å². The Bertz CT molecular complexity index is 1070. The number of amides is 2. The highest BCUT2D eigenvalue weighted by molar-refractivity contribution is 5.94. The topological polar surface area (TPSA) is 75.9 Å². The van der Waals surface area contributed by atoms with Crippen molar-refractivity contribution < 1.29 is 14.3 Å². The van der Waals surface area contributed by atoms with E-state index in [1.165, 1.54) is 18.4 Å². The third-order valence-electron chi connectivity index (χ3n) is 5.74. The minimum atomic E-state index is -0.184. The number of rotatable bonds is 7. The molecule has 0 bridgehead atoms. The summed E-state index contributed by atoms with van der Waals surface area (Å²) in [5.41, 5.74) is 3.44. The number of aromatic nitrogens is 2. The van der Waals surface area contributed by atoms with E-state index in [0.29, 0.717) is 30.9 Å². The summed E-state index contributed by atoms with van der Waals surface area (Å²) in [6.07, 6.45) is 8.85. The van der Waals surface area contributed by atoms with Gasteiger partial charge in [-0.15, -0.1) is 0 Å². The van der Waals surface area contributed by atoms with Gasteiger partial charge in [-0.25, -0.2) is 4.98 Å². The molecular formula is C25H30N4O3. The summed E-state index contributed by atoms with van der Waals surface area (Å²) < 4.78 is 7.80. The van der Waals surface area contributed by atoms with E-state index in [4.69, 9.17) is 4.74 Å². The van der Waals surface area contributed by atoms with E-state index in [-0.39, 0.29) is 11.8 Å². The first kappa shape index (κ1) is 21.9. The molecule has 168 valence electrons. The highest BCUT2D eigenvalue weighted by Crippen LogP contribution is 2.15. The molecule has 2 amide bonds. The molecule has 0 saturated carbocycles. The number of hydrogen-bond donors (Lipinski definition) is 1. The molecule has 1 aromatic carbocycles. The van der Waals surface area contributed by atoms with Crippen molar-refractivity contribution in [1.29, 1.82) is 0 Å². The lowest BCUT2D eigenvalue weighted by molar-refractivity contribution is -0.131. The standard InChI is InChI=1S/C25H30N4O3/c1-19-6-11-23-27-21(17-29(23)16-19)18-32-22-9-7-20(8-10-22)25(31)26-13-12-24(30)28-14-4-2-3-5-15-28/h6-11,16-17H,2-5,12-15,18H2,1H3,(H,26,31). The molecule has 2 aromatic heterocycles. The second-order valence-corrected chi connectivity index (χ2v) is 8.32. The van der Waals surface area contributed by atoms with Gasteiger partial charge in [-0.05, 0) is 55.7 Å². The van der Waals surface area contributed by atoms with Crippen molar-refractivity contribution in [3.8, 4) is 5.75 Å². The Labute approximate surface area is 188 Å². The average Bonchev–Trinajstić information content (AvgIpc) is 3.00. The van der Waals surface area contributed by atoms with Gasteiger partial charge in [-0.1, -0.05) is 18.9 Å². The SMILES string of the molecule is Cc1ccc2nc(COc3ccc(C(=O)NCCC(=O)N4CCCCCC4)cc3)cn2c1. The molecule has 1 aliphatic rings. The van der Waals surface area contributed by atoms with E-state index in [1.54, 1.807) is 24.3 Å². The third-order valence-corrected chi connectivity index (χ3v) is 5.74. The number of nitrogens with one attached hydrogen (secondary N) is 1. The summed E-state index contributed by atoms with van der Waals surface area (Å²) in [4.78, 5) is 31.2. The zero-order chi connectivity index (χ0) is 22.3. The fourth-order valence-electron chi connectivity index (χ4n) is 3.95. The van der Waals surface area contributed by atoms with E-state index in [2.05, 4.69) is 10.3 Å². The number of fused-ring (bicyclic) bond motifs is 1. The lowest BCUT2D eigenvalue weighted by atomic mass is 10.2. The number of ether oxygens (including phenoxy) is 1. The van der Waals surface area contributed by atoms with E-state index in [9.17, 15) is 9.59 Å². The predicted octanol–water partition coefficient (Wildman–Crippen LogP) is 3.74. The van der Waals surface area contributed by atoms with E-state index in [1.807, 2.05) is 40.8 Å². The van der Waals surface area contributed by atoms with Crippen LogP contribution in [0.5, 0.6) is 5.75 Å². The van der Waals surface area contributed by atoms with Gasteiger partial charge in [0.1, 0.15) is 18.0 Å². The number of pyridine rings is 1. The van der Waals surface area contributed by atoms with Gasteiger partial charge in [0, 0.05) is 44.0 Å². The van der Waals surface area contributed by atoms with Crippen LogP contribution < -0.4 is 10.1 Å². The molecular weight excluding hydrogens is 404 g/mol. The number of imidazole rings is 1. The minimum Gasteiger partial charge on any atom is -0.487 e. The number of carbonyl (C=O) groups excluding carboxylic acids is 2. The summed E-state index contributed by atoms with van der Waals surface area (Å²) in [5.74, 6) is 0.611. The molecule has 0 atom stereocenters. The highest BCUT2D eigenvalue weighted by Gasteiger charge is 2.15. The van der Waals surface area contributed by atoms with Crippen molar-refractivity contribution in [1.82, 2.24) is 19.6 Å². The number of benzene rings is 1. The molecule has 1 N–H and O–H groups in total. The van der Waals surface area contributed by atoms with Crippen LogP contribution in [0.25, 0.3) is 5.65 Å². The van der Waals surface area contributed by atoms with Crippen molar-refractivity contribution in [3.05, 3.63) is 65.6 Å². The Morgan fingerprint density at radius 2 is 1.75 bits per heavy atom. The summed E-state index contributed by atoms with van der Waals surface area (Å²) in [7, 11) is 0. The van der Waals surface area contributed by atoms with Crippen LogP contribution >= 0.6 is 0 Å². The van der Waals surface area contributed by atoms with E-state index in [0.717, 1.165) is 37.3 Å². The molecule has 0 unspecified atom stereocenters. The molecule has 1 fully saturated rings. The van der Waals surface area contributed by atoms with Gasteiger partial charge in [0.05, 0.1) is 5.69 Å². The van der Waals surface area contributed by atoms with Crippen LogP contribution in [-0.4, -0.2) is 45.7 Å². The number of carbonyl (C=O) groups is 2. The van der Waals surface area contributed by atoms with E-state index >= 15 is 0 Å². The fourth-order valence-corrected chi connectivity index (χ4v) is 3.95. The maximum Gasteiger partial charge on any atom is 0.251 e. The Morgan fingerprint density at radius 3 is 2.50 bits per heavy atom. The molecule has 7 nitrogen and oxygen atoms in total. The van der Waals surface area contributed by atoms with Gasteiger partial charge in [0.15, 0.2) is 0 Å². The zero-order valence-electron chi connectivity index (χ0n) is 18.5. The molecule has 0 radical (unpaired) electrons. The fraction of sp³-hybridized carbons (Fsp3) is 0.400. The lowest BCUT2D eigenvalue weighted by Crippen LogP contribution is -2.35. The monoisotopic (exact) mass is 434 g/mol. The molecule has 0 spiro atoms. The Morgan fingerprint density at radius 1 is 1.00 bits per heavy atom. The average molecular weight is 435 g/mol. The molecule has 3 aromatic rings. The summed E-state index contributed by atoms with van der Waals surface area (Å²) in [5, 5.41) is 2.84. The van der Waals surface area contributed by atoms with Crippen molar-refractivity contribution in [2.24, 2.45) is 0 Å². The number of nitrogens with zero attached hydrogens (tertiary/aromatic N) is 3. The highest BCUT2D eigenvalue weighted by atomic mass is 16.5. The van der Waals surface area contributed by atoms with Crippen LogP contribution in [0.2, 0.25) is 0 Å². The summed E-state index contributed by atoms with van der Waals surface area (Å²) in [6.45, 7) is 4.41. The van der Waals surface area contributed by atoms with Gasteiger partial charge in [0.2, 0.25) is 5.91 Å². The molecule has 3 heterocycles. The smallest absolute Gasteiger partial charge is 0.251 e. The first-order valence-corrected chi connectivity index (χ1v) is 11.3. The van der Waals surface area contributed by atoms with Gasteiger partial charge in [-0.2, -0.15) is 0 Å². The summed E-state index contributed by atoms with van der Waals surface area (Å²) in [6, 6.07) is 11.0. The largest absolute Gasteiger partial charge is 0.487 e. The number of hydrogen-bond acceptors (Lipinski definition) is 4. The predicted molar refractivity (Wildman–Crippen MR) is 123 cm³/mol. The van der Waals surface area contributed by atoms with Gasteiger partial charge in [-0.3, -0.25) is 9.59 Å². The maximum absolute atomic E-state index is 12.4. The summed E-state index contributed by atoms with van der Waals surface area (Å²) >= 11 is 0. The molecule has 4 rings (SSSR count). The van der Waals surface area contributed by atoms with Crippen molar-refractivity contribution in [3.63, 3.8) is 0 Å². The van der Waals surface area contributed by atoms with Crippen LogP contribution in [0.3, 0.4) is 0 Å². The molecule has 7 heteroatoms. The first-order valence-electron chi connectivity index (χ1n) is 11.3. The Hall–Kier alpha value is -3.35. The van der Waals surface area contributed by atoms with Crippen LogP contribution in [0, 0.1) is 6.92 Å². The van der Waals surface area contributed by atoms with Crippen molar-refractivity contribution in [2.75, 3.05) is 19.6 Å². The normalized spacial score (nSPS) is 14.2. The van der Waals surface area contributed by atoms with Crippen LogP contribution in [-0.2, 0) is 11.4 Å². The lowest BCUT2D eigenvalue weighted by Gasteiger charge is -2.20. The quantitative estimate of drug-likeness (QED) is 0.615. The maximum atomic E-state index is 12.4. The van der Waals surface area contributed by atoms with E-state index < -0.39 is 0 Å². The second-order valence-electron chi connectivity index (χ2n) is 8.32. The molecule has 1 saturated heterocycles. The third kappa shape index (κ3) is 5.66. The van der Waals surface area contributed by atoms with Gasteiger partial charge < -0.3 is 19.4 Å². The molecule has 32 heavy (non-hydrogen) atoms. The van der Waals surface area contributed by atoms with Crippen LogP contribution in [0.4, 0.5) is 0 Å². The first-order chi connectivity index (χ1) is 15.6. The molecule has 0 aliphatic carbocycles. The number of likely N-dealkylation sites (tertiary alicyclic amines) is 1.